The molecule has 0 saturated carbocycles. The Bertz CT molecular complexity index is 352. The third-order valence-electron chi connectivity index (χ3n) is 4.00. The molecular formula is C15H27F2NO2. The number of rotatable bonds is 2. The topological polar surface area (TPSA) is 29.5 Å². The van der Waals surface area contributed by atoms with Gasteiger partial charge in [-0.25, -0.2) is 13.6 Å². The van der Waals surface area contributed by atoms with E-state index in [2.05, 4.69) is 0 Å². The second kappa shape index (κ2) is 5.86. The molecule has 1 amide bonds. The number of carbonyl (C=O) groups is 1. The van der Waals surface area contributed by atoms with Gasteiger partial charge in [0.15, 0.2) is 0 Å². The highest BCUT2D eigenvalue weighted by molar-refractivity contribution is 5.69. The number of halogens is 2. The van der Waals surface area contributed by atoms with Crippen molar-refractivity contribution in [1.82, 2.24) is 4.90 Å². The van der Waals surface area contributed by atoms with Crippen LogP contribution in [0.15, 0.2) is 0 Å². The average Bonchev–Trinajstić information content (AvgIpc) is 2.29. The summed E-state index contributed by atoms with van der Waals surface area (Å²) in [4.78, 5) is 13.9. The lowest BCUT2D eigenvalue weighted by Crippen LogP contribution is -2.60. The van der Waals surface area contributed by atoms with Gasteiger partial charge in [0.1, 0.15) is 5.60 Å². The molecule has 2 unspecified atom stereocenters. The minimum Gasteiger partial charge on any atom is -0.444 e. The lowest BCUT2D eigenvalue weighted by atomic mass is 9.81. The molecule has 0 aliphatic carbocycles. The molecule has 1 aliphatic heterocycles. The summed E-state index contributed by atoms with van der Waals surface area (Å²) in [6.45, 7) is 10.6. The molecule has 0 bridgehead atoms. The highest BCUT2D eigenvalue weighted by atomic mass is 19.3. The zero-order valence-corrected chi connectivity index (χ0v) is 13.4. The van der Waals surface area contributed by atoms with Crippen LogP contribution in [0.4, 0.5) is 13.6 Å². The second-order valence-electron chi connectivity index (χ2n) is 6.68. The van der Waals surface area contributed by atoms with Crippen molar-refractivity contribution in [1.29, 1.82) is 0 Å². The van der Waals surface area contributed by atoms with E-state index in [9.17, 15) is 13.6 Å². The van der Waals surface area contributed by atoms with E-state index >= 15 is 0 Å². The SMILES string of the molecule is CCC1CC(F)(F)C(C)[C@H](CC)N1C(=O)OC(C)(C)C. The molecule has 118 valence electrons. The fourth-order valence-electron chi connectivity index (χ4n) is 2.88. The molecule has 0 aromatic rings. The Morgan fingerprint density at radius 2 is 1.85 bits per heavy atom. The summed E-state index contributed by atoms with van der Waals surface area (Å²) in [5, 5.41) is 0. The van der Waals surface area contributed by atoms with Crippen molar-refractivity contribution in [2.24, 2.45) is 5.92 Å². The van der Waals surface area contributed by atoms with E-state index in [-0.39, 0.29) is 6.42 Å². The van der Waals surface area contributed by atoms with E-state index in [1.807, 2.05) is 13.8 Å². The van der Waals surface area contributed by atoms with Crippen LogP contribution in [0, 0.1) is 5.92 Å². The van der Waals surface area contributed by atoms with E-state index in [0.717, 1.165) is 0 Å². The smallest absolute Gasteiger partial charge is 0.410 e. The van der Waals surface area contributed by atoms with Gasteiger partial charge in [0.2, 0.25) is 0 Å². The predicted molar refractivity (Wildman–Crippen MR) is 75.0 cm³/mol. The fourth-order valence-corrected chi connectivity index (χ4v) is 2.88. The van der Waals surface area contributed by atoms with Crippen LogP contribution in [0.25, 0.3) is 0 Å². The van der Waals surface area contributed by atoms with E-state index in [1.54, 1.807) is 25.7 Å². The van der Waals surface area contributed by atoms with Crippen molar-refractivity contribution in [3.05, 3.63) is 0 Å². The van der Waals surface area contributed by atoms with Crippen LogP contribution < -0.4 is 0 Å². The molecular weight excluding hydrogens is 264 g/mol. The molecule has 3 nitrogen and oxygen atoms in total. The van der Waals surface area contributed by atoms with Crippen molar-refractivity contribution in [2.45, 2.75) is 84.4 Å². The van der Waals surface area contributed by atoms with Gasteiger partial charge in [0.25, 0.3) is 5.92 Å². The summed E-state index contributed by atoms with van der Waals surface area (Å²) in [7, 11) is 0. The van der Waals surface area contributed by atoms with Crippen molar-refractivity contribution in [3.8, 4) is 0 Å². The van der Waals surface area contributed by atoms with Crippen LogP contribution >= 0.6 is 0 Å². The first-order chi connectivity index (χ1) is 9.03. The summed E-state index contributed by atoms with van der Waals surface area (Å²) in [5.41, 5.74) is -0.614. The van der Waals surface area contributed by atoms with Gasteiger partial charge in [-0.15, -0.1) is 0 Å². The molecule has 1 rings (SSSR count). The van der Waals surface area contributed by atoms with Crippen LogP contribution in [0.2, 0.25) is 0 Å². The van der Waals surface area contributed by atoms with E-state index < -0.39 is 35.6 Å². The molecule has 3 atom stereocenters. The number of hydrogen-bond donors (Lipinski definition) is 0. The number of nitrogens with zero attached hydrogens (tertiary/aromatic N) is 1. The Kier molecular flexibility index (Phi) is 5.03. The van der Waals surface area contributed by atoms with Crippen molar-refractivity contribution in [2.75, 3.05) is 0 Å². The first-order valence-corrected chi connectivity index (χ1v) is 7.42. The molecule has 0 aromatic carbocycles. The van der Waals surface area contributed by atoms with Crippen LogP contribution in [0.5, 0.6) is 0 Å². The number of ether oxygens (including phenoxy) is 1. The van der Waals surface area contributed by atoms with Gasteiger partial charge in [-0.1, -0.05) is 20.8 Å². The van der Waals surface area contributed by atoms with Gasteiger partial charge in [0, 0.05) is 24.4 Å². The Hall–Kier alpha value is -0.870. The number of piperidine rings is 1. The maximum absolute atomic E-state index is 14.1. The van der Waals surface area contributed by atoms with Crippen LogP contribution in [-0.4, -0.2) is 34.6 Å². The minimum atomic E-state index is -2.72. The lowest BCUT2D eigenvalue weighted by molar-refractivity contribution is -0.143. The molecule has 1 heterocycles. The van der Waals surface area contributed by atoms with Crippen LogP contribution in [0.1, 0.15) is 60.8 Å². The van der Waals surface area contributed by atoms with Gasteiger partial charge in [-0.2, -0.15) is 0 Å². The summed E-state index contributed by atoms with van der Waals surface area (Å²) in [5.74, 6) is -3.57. The molecule has 1 fully saturated rings. The monoisotopic (exact) mass is 291 g/mol. The van der Waals surface area contributed by atoms with Crippen molar-refractivity contribution < 1.29 is 18.3 Å². The third-order valence-corrected chi connectivity index (χ3v) is 4.00. The number of hydrogen-bond acceptors (Lipinski definition) is 2. The maximum atomic E-state index is 14.1. The molecule has 0 radical (unpaired) electrons. The quantitative estimate of drug-likeness (QED) is 0.752. The first kappa shape index (κ1) is 17.2. The van der Waals surface area contributed by atoms with Crippen LogP contribution in [0.3, 0.4) is 0 Å². The first-order valence-electron chi connectivity index (χ1n) is 7.42. The Morgan fingerprint density at radius 3 is 2.25 bits per heavy atom. The summed E-state index contributed by atoms with van der Waals surface area (Å²) in [6.07, 6.45) is 0.267. The van der Waals surface area contributed by atoms with Gasteiger partial charge in [-0.3, -0.25) is 0 Å². The van der Waals surface area contributed by atoms with Gasteiger partial charge < -0.3 is 9.64 Å². The summed E-state index contributed by atoms with van der Waals surface area (Å²) < 4.78 is 33.5. The molecule has 1 saturated heterocycles. The fraction of sp³-hybridized carbons (Fsp3) is 0.933. The van der Waals surface area contributed by atoms with Gasteiger partial charge in [-0.05, 0) is 33.6 Å². The van der Waals surface area contributed by atoms with Crippen molar-refractivity contribution in [3.63, 3.8) is 0 Å². The standard InChI is InChI=1S/C15H27F2NO2/c1-7-11-9-15(16,17)10(3)12(8-2)18(11)13(19)20-14(4,5)6/h10-12H,7-9H2,1-6H3/t10?,11?,12-/m0/s1. The van der Waals surface area contributed by atoms with Gasteiger partial charge >= 0.3 is 6.09 Å². The van der Waals surface area contributed by atoms with E-state index in [0.29, 0.717) is 12.8 Å². The Morgan fingerprint density at radius 1 is 1.30 bits per heavy atom. The molecule has 0 aromatic heterocycles. The lowest BCUT2D eigenvalue weighted by Gasteiger charge is -2.48. The van der Waals surface area contributed by atoms with E-state index in [1.165, 1.54) is 6.92 Å². The number of amides is 1. The second-order valence-corrected chi connectivity index (χ2v) is 6.68. The highest BCUT2D eigenvalue weighted by Gasteiger charge is 2.52. The molecule has 5 heteroatoms. The molecule has 20 heavy (non-hydrogen) atoms. The van der Waals surface area contributed by atoms with Gasteiger partial charge in [0.05, 0.1) is 0 Å². The number of carbonyl (C=O) groups excluding carboxylic acids is 1. The number of alkyl halides is 2. The van der Waals surface area contributed by atoms with Crippen molar-refractivity contribution >= 4 is 6.09 Å². The maximum Gasteiger partial charge on any atom is 0.410 e. The summed E-state index contributed by atoms with van der Waals surface area (Å²) >= 11 is 0. The summed E-state index contributed by atoms with van der Waals surface area (Å²) in [6, 6.07) is -0.931. The largest absolute Gasteiger partial charge is 0.444 e. The normalized spacial score (nSPS) is 30.2. The molecule has 0 spiro atoms. The molecule has 1 aliphatic rings. The third kappa shape index (κ3) is 3.61. The minimum absolute atomic E-state index is 0.277. The Labute approximate surface area is 120 Å². The zero-order valence-electron chi connectivity index (χ0n) is 13.4. The zero-order chi connectivity index (χ0) is 15.7. The van der Waals surface area contributed by atoms with E-state index in [4.69, 9.17) is 4.74 Å². The average molecular weight is 291 g/mol. The Balaban J connectivity index is 3.03. The highest BCUT2D eigenvalue weighted by Crippen LogP contribution is 2.42. The van der Waals surface area contributed by atoms with Crippen LogP contribution in [-0.2, 0) is 4.74 Å². The number of likely N-dealkylation sites (tertiary alicyclic amines) is 1. The molecule has 0 N–H and O–H groups in total. The predicted octanol–water partition coefficient (Wildman–Crippen LogP) is 4.46.